The Balaban J connectivity index is 1.91. The maximum absolute atomic E-state index is 12.7. The lowest BCUT2D eigenvalue weighted by Gasteiger charge is -2.33. The molecule has 1 atom stereocenters. The number of rotatable bonds is 4. The number of fused-ring (bicyclic) bond motifs is 1. The van der Waals surface area contributed by atoms with Crippen molar-refractivity contribution in [3.63, 3.8) is 0 Å². The first-order valence-corrected chi connectivity index (χ1v) is 7.43. The Kier molecular flexibility index (Phi) is 4.25. The van der Waals surface area contributed by atoms with E-state index in [0.717, 1.165) is 5.56 Å². The van der Waals surface area contributed by atoms with Crippen molar-refractivity contribution in [1.82, 2.24) is 0 Å². The molecular weight excluding hydrogens is 308 g/mol. The third-order valence-corrected chi connectivity index (χ3v) is 3.83. The minimum Gasteiger partial charge on any atom is -0.508 e. The van der Waals surface area contributed by atoms with Gasteiger partial charge in [-0.05, 0) is 29.8 Å². The molecule has 0 aromatic heterocycles. The van der Waals surface area contributed by atoms with Gasteiger partial charge in [0.1, 0.15) is 23.8 Å². The highest BCUT2D eigenvalue weighted by atomic mass is 16.5. The summed E-state index contributed by atoms with van der Waals surface area (Å²) in [7, 11) is 1.58. The molecule has 0 fully saturated rings. The van der Waals surface area contributed by atoms with Gasteiger partial charge in [-0.1, -0.05) is 12.1 Å². The van der Waals surface area contributed by atoms with Crippen molar-refractivity contribution in [2.45, 2.75) is 12.5 Å². The summed E-state index contributed by atoms with van der Waals surface area (Å²) in [4.78, 5) is 14.1. The zero-order valence-electron chi connectivity index (χ0n) is 13.1. The molecule has 122 valence electrons. The monoisotopic (exact) mass is 324 g/mol. The van der Waals surface area contributed by atoms with E-state index in [0.29, 0.717) is 23.6 Å². The van der Waals surface area contributed by atoms with Crippen LogP contribution < -0.4 is 14.4 Å². The van der Waals surface area contributed by atoms with E-state index in [2.05, 4.69) is 0 Å². The number of ether oxygens (including phenoxy) is 2. The molecule has 0 radical (unpaired) electrons. The highest BCUT2D eigenvalue weighted by Gasteiger charge is 2.34. The Labute approximate surface area is 139 Å². The molecule has 24 heavy (non-hydrogen) atoms. The molecule has 3 rings (SSSR count). The fourth-order valence-corrected chi connectivity index (χ4v) is 2.69. The Bertz CT molecular complexity index is 813. The molecule has 2 aromatic rings. The first kappa shape index (κ1) is 15.7. The second-order valence-corrected chi connectivity index (χ2v) is 5.40. The Hall–Kier alpha value is -3.20. The number of carbonyl (C=O) groups is 1. The number of amides is 1. The van der Waals surface area contributed by atoms with Crippen molar-refractivity contribution in [3.8, 4) is 23.3 Å². The number of nitriles is 1. The van der Waals surface area contributed by atoms with Gasteiger partial charge in [0.2, 0.25) is 0 Å². The van der Waals surface area contributed by atoms with Gasteiger partial charge in [0.25, 0.3) is 5.91 Å². The van der Waals surface area contributed by atoms with Crippen LogP contribution in [0, 0.1) is 11.3 Å². The summed E-state index contributed by atoms with van der Waals surface area (Å²) in [5.74, 6) is 0.845. The van der Waals surface area contributed by atoms with Gasteiger partial charge in [-0.2, -0.15) is 5.26 Å². The standard InChI is InChI=1S/C18H16N2O4/c1-23-14-4-2-3-12(9-14)10-17-18(22)20(8-7-19)15-6-5-13(21)11-16(15)24-17/h2-6,9,11,17,21H,8,10H2,1H3. The number of aromatic hydroxyl groups is 1. The second-order valence-electron chi connectivity index (χ2n) is 5.40. The molecule has 6 nitrogen and oxygen atoms in total. The number of methoxy groups -OCH3 is 1. The molecule has 1 heterocycles. The number of carbonyl (C=O) groups excluding carboxylic acids is 1. The molecule has 1 amide bonds. The summed E-state index contributed by atoms with van der Waals surface area (Å²) in [6, 6.07) is 13.9. The summed E-state index contributed by atoms with van der Waals surface area (Å²) in [6.07, 6.45) is -0.424. The summed E-state index contributed by atoms with van der Waals surface area (Å²) >= 11 is 0. The quantitative estimate of drug-likeness (QED) is 0.872. The molecule has 1 N–H and O–H groups in total. The van der Waals surface area contributed by atoms with Gasteiger partial charge in [-0.3, -0.25) is 9.69 Å². The van der Waals surface area contributed by atoms with Crippen molar-refractivity contribution in [1.29, 1.82) is 5.26 Å². The maximum atomic E-state index is 12.7. The summed E-state index contributed by atoms with van der Waals surface area (Å²) in [5.41, 5.74) is 1.37. The third-order valence-electron chi connectivity index (χ3n) is 3.83. The van der Waals surface area contributed by atoms with Crippen molar-refractivity contribution in [2.24, 2.45) is 0 Å². The first-order valence-electron chi connectivity index (χ1n) is 7.43. The van der Waals surface area contributed by atoms with E-state index in [-0.39, 0.29) is 18.2 Å². The van der Waals surface area contributed by atoms with Crippen LogP contribution in [0.5, 0.6) is 17.2 Å². The highest BCUT2D eigenvalue weighted by molar-refractivity contribution is 6.00. The molecule has 1 aliphatic rings. The summed E-state index contributed by atoms with van der Waals surface area (Å²) in [6.45, 7) is -0.0748. The van der Waals surface area contributed by atoms with E-state index in [9.17, 15) is 9.90 Å². The minimum absolute atomic E-state index is 0.0418. The van der Waals surface area contributed by atoms with Gasteiger partial charge in [0.05, 0.1) is 18.9 Å². The van der Waals surface area contributed by atoms with Crippen LogP contribution in [0.15, 0.2) is 42.5 Å². The maximum Gasteiger partial charge on any atom is 0.269 e. The van der Waals surface area contributed by atoms with Gasteiger partial charge in [0.15, 0.2) is 6.10 Å². The van der Waals surface area contributed by atoms with Crippen LogP contribution in [0.2, 0.25) is 0 Å². The van der Waals surface area contributed by atoms with E-state index in [1.165, 1.54) is 17.0 Å². The lowest BCUT2D eigenvalue weighted by molar-refractivity contribution is -0.126. The average Bonchev–Trinajstić information content (AvgIpc) is 2.58. The molecule has 0 bridgehead atoms. The third kappa shape index (κ3) is 2.97. The van der Waals surface area contributed by atoms with Crippen molar-refractivity contribution in [3.05, 3.63) is 48.0 Å². The van der Waals surface area contributed by atoms with Gasteiger partial charge in [-0.25, -0.2) is 0 Å². The molecule has 0 saturated heterocycles. The minimum atomic E-state index is -0.764. The van der Waals surface area contributed by atoms with Gasteiger partial charge < -0.3 is 14.6 Å². The number of phenols is 1. The van der Waals surface area contributed by atoms with E-state index in [1.807, 2.05) is 30.3 Å². The molecule has 0 saturated carbocycles. The topological polar surface area (TPSA) is 82.8 Å². The lowest BCUT2D eigenvalue weighted by atomic mass is 10.0. The molecule has 6 heteroatoms. The van der Waals surface area contributed by atoms with Crippen LogP contribution in [-0.4, -0.2) is 30.8 Å². The fourth-order valence-electron chi connectivity index (χ4n) is 2.69. The van der Waals surface area contributed by atoms with Crippen LogP contribution in [0.3, 0.4) is 0 Å². The molecule has 1 aliphatic heterocycles. The second kappa shape index (κ2) is 6.50. The normalized spacial score (nSPS) is 16.1. The number of hydrogen-bond donors (Lipinski definition) is 1. The summed E-state index contributed by atoms with van der Waals surface area (Å²) in [5, 5.41) is 18.7. The van der Waals surface area contributed by atoms with Gasteiger partial charge in [-0.15, -0.1) is 0 Å². The smallest absolute Gasteiger partial charge is 0.269 e. The Morgan fingerprint density at radius 1 is 1.33 bits per heavy atom. The fraction of sp³-hybridized carbons (Fsp3) is 0.222. The average molecular weight is 324 g/mol. The van der Waals surface area contributed by atoms with Gasteiger partial charge >= 0.3 is 0 Å². The Morgan fingerprint density at radius 3 is 2.92 bits per heavy atom. The zero-order chi connectivity index (χ0) is 17.1. The van der Waals surface area contributed by atoms with Crippen LogP contribution in [0.4, 0.5) is 5.69 Å². The SMILES string of the molecule is COc1cccc(CC2Oc3cc(O)ccc3N(CC#N)C2=O)c1. The van der Waals surface area contributed by atoms with E-state index in [4.69, 9.17) is 14.7 Å². The number of hydrogen-bond acceptors (Lipinski definition) is 5. The van der Waals surface area contributed by atoms with E-state index in [1.54, 1.807) is 13.2 Å². The van der Waals surface area contributed by atoms with Crippen LogP contribution in [0.25, 0.3) is 0 Å². The number of anilines is 1. The number of nitrogens with zero attached hydrogens (tertiary/aromatic N) is 2. The zero-order valence-corrected chi connectivity index (χ0v) is 13.1. The predicted octanol–water partition coefficient (Wildman–Crippen LogP) is 2.26. The highest BCUT2D eigenvalue weighted by Crippen LogP contribution is 2.37. The van der Waals surface area contributed by atoms with Crippen molar-refractivity contribution >= 4 is 11.6 Å². The largest absolute Gasteiger partial charge is 0.508 e. The molecule has 2 aromatic carbocycles. The molecule has 1 unspecified atom stereocenters. The van der Waals surface area contributed by atoms with Crippen LogP contribution in [-0.2, 0) is 11.2 Å². The van der Waals surface area contributed by atoms with E-state index >= 15 is 0 Å². The lowest BCUT2D eigenvalue weighted by Crippen LogP contribution is -2.47. The molecule has 0 aliphatic carbocycles. The number of phenolic OH excluding ortho intramolecular Hbond substituents is 1. The van der Waals surface area contributed by atoms with Crippen LogP contribution >= 0.6 is 0 Å². The van der Waals surface area contributed by atoms with Crippen LogP contribution in [0.1, 0.15) is 5.56 Å². The van der Waals surface area contributed by atoms with Crippen molar-refractivity contribution < 1.29 is 19.4 Å². The van der Waals surface area contributed by atoms with Gasteiger partial charge in [0, 0.05) is 12.5 Å². The molecular formula is C18H16N2O4. The number of benzene rings is 2. The summed E-state index contributed by atoms with van der Waals surface area (Å²) < 4.78 is 11.0. The van der Waals surface area contributed by atoms with Crippen molar-refractivity contribution in [2.75, 3.05) is 18.6 Å². The first-order chi connectivity index (χ1) is 11.6. The Morgan fingerprint density at radius 2 is 2.17 bits per heavy atom. The molecule has 0 spiro atoms. The van der Waals surface area contributed by atoms with E-state index < -0.39 is 6.10 Å². The predicted molar refractivity (Wildman–Crippen MR) is 87.2 cm³/mol.